The molecule has 0 spiro atoms. The van der Waals surface area contributed by atoms with Crippen molar-refractivity contribution in [2.45, 2.75) is 58.3 Å². The minimum absolute atomic E-state index is 0.0891. The fourth-order valence-corrected chi connectivity index (χ4v) is 2.21. The van der Waals surface area contributed by atoms with E-state index in [-0.39, 0.29) is 11.7 Å². The van der Waals surface area contributed by atoms with Gasteiger partial charge in [0.2, 0.25) is 0 Å². The van der Waals surface area contributed by atoms with E-state index in [0.717, 1.165) is 12.8 Å². The van der Waals surface area contributed by atoms with E-state index in [0.29, 0.717) is 30.9 Å². The van der Waals surface area contributed by atoms with Crippen molar-refractivity contribution in [3.63, 3.8) is 0 Å². The standard InChI is InChI=1S/C17H26N2O3/c1-5-20-8-6-7-16-18-11-15(12-19-16)21-13-9-14(10-13)22-17(2,3)4/h6-7,11-14H,5,8-10H2,1-4H3/b7-6+/t13-,14-. The number of hydrogen-bond donors (Lipinski definition) is 0. The maximum Gasteiger partial charge on any atom is 0.156 e. The average Bonchev–Trinajstić information content (AvgIpc) is 2.41. The van der Waals surface area contributed by atoms with Crippen LogP contribution in [0.25, 0.3) is 6.08 Å². The third-order valence-electron chi connectivity index (χ3n) is 3.21. The van der Waals surface area contributed by atoms with Gasteiger partial charge in [0.1, 0.15) is 6.10 Å². The minimum atomic E-state index is -0.0891. The highest BCUT2D eigenvalue weighted by Gasteiger charge is 2.34. The van der Waals surface area contributed by atoms with Gasteiger partial charge in [-0.3, -0.25) is 0 Å². The average molecular weight is 306 g/mol. The fraction of sp³-hybridized carbons (Fsp3) is 0.647. The number of nitrogens with zero attached hydrogens (tertiary/aromatic N) is 2. The SMILES string of the molecule is CCOC/C=C/c1ncc(O[C@H]2C[C@H](OC(C)(C)C)C2)cn1. The van der Waals surface area contributed by atoms with Gasteiger partial charge in [-0.15, -0.1) is 0 Å². The van der Waals surface area contributed by atoms with Gasteiger partial charge in [-0.2, -0.15) is 0 Å². The third kappa shape index (κ3) is 5.73. The molecule has 0 amide bonds. The van der Waals surface area contributed by atoms with Gasteiger partial charge in [0.15, 0.2) is 11.6 Å². The molecule has 0 bridgehead atoms. The largest absolute Gasteiger partial charge is 0.487 e. The van der Waals surface area contributed by atoms with Crippen LogP contribution in [0.5, 0.6) is 5.75 Å². The second kappa shape index (κ2) is 7.70. The van der Waals surface area contributed by atoms with Gasteiger partial charge in [0.05, 0.1) is 30.7 Å². The Labute approximate surface area is 132 Å². The summed E-state index contributed by atoms with van der Waals surface area (Å²) in [7, 11) is 0. The first-order valence-corrected chi connectivity index (χ1v) is 7.87. The topological polar surface area (TPSA) is 53.5 Å². The van der Waals surface area contributed by atoms with Crippen LogP contribution < -0.4 is 4.74 Å². The van der Waals surface area contributed by atoms with Crippen LogP contribution in [-0.2, 0) is 9.47 Å². The Hall–Kier alpha value is -1.46. The highest BCUT2D eigenvalue weighted by atomic mass is 16.5. The molecule has 0 aliphatic heterocycles. The molecule has 0 unspecified atom stereocenters. The maximum atomic E-state index is 5.89. The molecule has 1 fully saturated rings. The normalized spacial score (nSPS) is 21.8. The van der Waals surface area contributed by atoms with Crippen molar-refractivity contribution in [3.8, 4) is 5.75 Å². The molecule has 1 aromatic rings. The van der Waals surface area contributed by atoms with E-state index in [4.69, 9.17) is 14.2 Å². The molecule has 1 aromatic heterocycles. The van der Waals surface area contributed by atoms with Gasteiger partial charge in [-0.05, 0) is 33.8 Å². The molecule has 1 saturated carbocycles. The van der Waals surface area contributed by atoms with Gasteiger partial charge in [0.25, 0.3) is 0 Å². The molecule has 0 aromatic carbocycles. The van der Waals surface area contributed by atoms with Crippen molar-refractivity contribution in [2.75, 3.05) is 13.2 Å². The van der Waals surface area contributed by atoms with E-state index < -0.39 is 0 Å². The Morgan fingerprint density at radius 1 is 1.18 bits per heavy atom. The summed E-state index contributed by atoms with van der Waals surface area (Å²) < 4.78 is 17.0. The molecule has 0 saturated heterocycles. The van der Waals surface area contributed by atoms with E-state index in [1.54, 1.807) is 12.4 Å². The van der Waals surface area contributed by atoms with Crippen LogP contribution in [-0.4, -0.2) is 41.0 Å². The predicted octanol–water partition coefficient (Wildman–Crippen LogP) is 3.25. The Morgan fingerprint density at radius 2 is 1.86 bits per heavy atom. The number of ether oxygens (including phenoxy) is 3. The van der Waals surface area contributed by atoms with Crippen LogP contribution in [0.3, 0.4) is 0 Å². The second-order valence-electron chi connectivity index (χ2n) is 6.40. The minimum Gasteiger partial charge on any atom is -0.487 e. The van der Waals surface area contributed by atoms with Crippen molar-refractivity contribution in [3.05, 3.63) is 24.3 Å². The zero-order valence-electron chi connectivity index (χ0n) is 13.9. The lowest BCUT2D eigenvalue weighted by Gasteiger charge is -2.38. The van der Waals surface area contributed by atoms with E-state index in [9.17, 15) is 0 Å². The number of rotatable bonds is 7. The first kappa shape index (κ1) is 16.9. The summed E-state index contributed by atoms with van der Waals surface area (Å²) in [6.45, 7) is 9.48. The van der Waals surface area contributed by atoms with Gasteiger partial charge in [-0.25, -0.2) is 9.97 Å². The zero-order valence-corrected chi connectivity index (χ0v) is 13.9. The van der Waals surface area contributed by atoms with Crippen LogP contribution in [0.15, 0.2) is 18.5 Å². The molecule has 2 rings (SSSR count). The molecule has 0 radical (unpaired) electrons. The Morgan fingerprint density at radius 3 is 2.45 bits per heavy atom. The lowest BCUT2D eigenvalue weighted by Crippen LogP contribution is -2.43. The van der Waals surface area contributed by atoms with Gasteiger partial charge < -0.3 is 14.2 Å². The predicted molar refractivity (Wildman–Crippen MR) is 85.8 cm³/mol. The summed E-state index contributed by atoms with van der Waals surface area (Å²) in [6.07, 6.45) is 9.52. The summed E-state index contributed by atoms with van der Waals surface area (Å²) in [4.78, 5) is 8.51. The summed E-state index contributed by atoms with van der Waals surface area (Å²) in [5.74, 6) is 1.37. The number of aromatic nitrogens is 2. The molecular weight excluding hydrogens is 280 g/mol. The first-order valence-electron chi connectivity index (χ1n) is 7.87. The smallest absolute Gasteiger partial charge is 0.156 e. The maximum absolute atomic E-state index is 5.89. The molecule has 5 nitrogen and oxygen atoms in total. The van der Waals surface area contributed by atoms with Crippen molar-refractivity contribution < 1.29 is 14.2 Å². The highest BCUT2D eigenvalue weighted by molar-refractivity contribution is 5.39. The molecule has 122 valence electrons. The van der Waals surface area contributed by atoms with Crippen LogP contribution in [0.2, 0.25) is 0 Å². The third-order valence-corrected chi connectivity index (χ3v) is 3.21. The van der Waals surface area contributed by atoms with Gasteiger partial charge in [0, 0.05) is 19.4 Å². The molecule has 1 aliphatic carbocycles. The summed E-state index contributed by atoms with van der Waals surface area (Å²) in [5.41, 5.74) is -0.0891. The molecule has 5 heteroatoms. The van der Waals surface area contributed by atoms with Crippen LogP contribution in [0, 0.1) is 0 Å². The van der Waals surface area contributed by atoms with Crippen molar-refractivity contribution in [1.29, 1.82) is 0 Å². The van der Waals surface area contributed by atoms with Crippen molar-refractivity contribution in [2.24, 2.45) is 0 Å². The quantitative estimate of drug-likeness (QED) is 0.724. The van der Waals surface area contributed by atoms with Gasteiger partial charge >= 0.3 is 0 Å². The van der Waals surface area contributed by atoms with Gasteiger partial charge in [-0.1, -0.05) is 6.08 Å². The summed E-state index contributed by atoms with van der Waals surface area (Å²) >= 11 is 0. The van der Waals surface area contributed by atoms with Crippen LogP contribution in [0.4, 0.5) is 0 Å². The number of hydrogen-bond acceptors (Lipinski definition) is 5. The Balaban J connectivity index is 1.73. The van der Waals surface area contributed by atoms with Crippen molar-refractivity contribution in [1.82, 2.24) is 9.97 Å². The van der Waals surface area contributed by atoms with Crippen molar-refractivity contribution >= 4 is 6.08 Å². The monoisotopic (exact) mass is 306 g/mol. The fourth-order valence-electron chi connectivity index (χ4n) is 2.21. The summed E-state index contributed by atoms with van der Waals surface area (Å²) in [5, 5.41) is 0. The zero-order chi connectivity index (χ0) is 16.0. The molecule has 0 N–H and O–H groups in total. The molecule has 1 aliphatic rings. The lowest BCUT2D eigenvalue weighted by molar-refractivity contribution is -0.126. The molecular formula is C17H26N2O3. The molecule has 1 heterocycles. The Kier molecular flexibility index (Phi) is 5.91. The lowest BCUT2D eigenvalue weighted by atomic mass is 9.91. The van der Waals surface area contributed by atoms with Crippen LogP contribution >= 0.6 is 0 Å². The second-order valence-corrected chi connectivity index (χ2v) is 6.40. The first-order chi connectivity index (χ1) is 10.5. The highest BCUT2D eigenvalue weighted by Crippen LogP contribution is 2.30. The molecule has 0 atom stereocenters. The molecule has 22 heavy (non-hydrogen) atoms. The van der Waals surface area contributed by atoms with Crippen LogP contribution in [0.1, 0.15) is 46.4 Å². The van der Waals surface area contributed by atoms with E-state index in [2.05, 4.69) is 30.7 Å². The van der Waals surface area contributed by atoms with E-state index in [1.165, 1.54) is 0 Å². The van der Waals surface area contributed by atoms with E-state index >= 15 is 0 Å². The Bertz CT molecular complexity index is 474. The van der Waals surface area contributed by atoms with E-state index in [1.807, 2.05) is 19.1 Å². The summed E-state index contributed by atoms with van der Waals surface area (Å²) in [6, 6.07) is 0.